The van der Waals surface area contributed by atoms with Crippen LogP contribution in [-0.4, -0.2) is 32.4 Å². The minimum absolute atomic E-state index is 0.0244. The third kappa shape index (κ3) is 1.75. The van der Waals surface area contributed by atoms with E-state index in [9.17, 15) is 16.8 Å². The van der Waals surface area contributed by atoms with Gasteiger partial charge in [0.1, 0.15) is 0 Å². The molecule has 3 atom stereocenters. The Hall–Kier alpha value is -0.100. The number of rotatable bonds is 0. The van der Waals surface area contributed by atoms with Crippen molar-refractivity contribution in [3.05, 3.63) is 0 Å². The van der Waals surface area contributed by atoms with Gasteiger partial charge in [-0.15, -0.1) is 0 Å². The summed E-state index contributed by atoms with van der Waals surface area (Å²) in [7, 11) is -6.99. The highest BCUT2D eigenvalue weighted by Gasteiger charge is 2.65. The summed E-state index contributed by atoms with van der Waals surface area (Å²) in [4.78, 5) is 0. The third-order valence-corrected chi connectivity index (χ3v) is 11.0. The van der Waals surface area contributed by atoms with Crippen molar-refractivity contribution in [3.8, 4) is 0 Å². The predicted molar refractivity (Wildman–Crippen MR) is 67.1 cm³/mol. The van der Waals surface area contributed by atoms with E-state index in [1.807, 2.05) is 6.92 Å². The van der Waals surface area contributed by atoms with Crippen molar-refractivity contribution in [2.75, 3.05) is 11.5 Å². The van der Waals surface area contributed by atoms with E-state index in [4.69, 9.17) is 0 Å². The lowest BCUT2D eigenvalue weighted by Crippen LogP contribution is -2.64. The normalized spacial score (nSPS) is 44.6. The molecule has 2 rings (SSSR count). The first kappa shape index (κ1) is 13.3. The van der Waals surface area contributed by atoms with Crippen molar-refractivity contribution < 1.29 is 16.8 Å². The lowest BCUT2D eigenvalue weighted by atomic mass is 9.98. The summed E-state index contributed by atoms with van der Waals surface area (Å²) in [5.41, 5.74) is 0. The molecule has 2 aliphatic rings. The lowest BCUT2D eigenvalue weighted by Gasteiger charge is -2.47. The first-order chi connectivity index (χ1) is 7.73. The van der Waals surface area contributed by atoms with Crippen molar-refractivity contribution in [1.82, 2.24) is 0 Å². The lowest BCUT2D eigenvalue weighted by molar-refractivity contribution is 0.375. The van der Waals surface area contributed by atoms with Gasteiger partial charge in [-0.2, -0.15) is 0 Å². The maximum atomic E-state index is 12.4. The van der Waals surface area contributed by atoms with E-state index < -0.39 is 23.8 Å². The van der Waals surface area contributed by atoms with Crippen molar-refractivity contribution in [2.45, 2.75) is 43.6 Å². The quantitative estimate of drug-likeness (QED) is 0.672. The molecule has 100 valence electrons. The molecule has 0 radical (unpaired) electrons. The van der Waals surface area contributed by atoms with Crippen molar-refractivity contribution >= 4 is 19.7 Å². The molecule has 2 fully saturated rings. The van der Waals surface area contributed by atoms with Gasteiger partial charge in [0, 0.05) is 5.92 Å². The molecule has 0 saturated carbocycles. The van der Waals surface area contributed by atoms with E-state index in [1.54, 1.807) is 6.92 Å². The summed E-state index contributed by atoms with van der Waals surface area (Å²) in [5.74, 6) is -0.125. The molecule has 0 bridgehead atoms. The van der Waals surface area contributed by atoms with Crippen molar-refractivity contribution in [1.29, 1.82) is 0 Å². The molecule has 3 unspecified atom stereocenters. The van der Waals surface area contributed by atoms with Gasteiger partial charge in [0.15, 0.2) is 23.8 Å². The van der Waals surface area contributed by atoms with Gasteiger partial charge in [0.05, 0.1) is 11.5 Å². The fraction of sp³-hybridized carbons (Fsp3) is 1.00. The summed E-state index contributed by atoms with van der Waals surface area (Å²) in [5, 5.41) is 0. The van der Waals surface area contributed by atoms with Gasteiger partial charge in [0.2, 0.25) is 0 Å². The average Bonchev–Trinajstić information content (AvgIpc) is 2.12. The van der Waals surface area contributed by atoms with Gasteiger partial charge in [-0.3, -0.25) is 0 Å². The second kappa shape index (κ2) is 3.95. The summed E-state index contributed by atoms with van der Waals surface area (Å²) in [6, 6.07) is 0. The van der Waals surface area contributed by atoms with E-state index in [1.165, 1.54) is 0 Å². The molecular weight excluding hydrogens is 260 g/mol. The third-order valence-electron chi connectivity index (χ3n) is 4.25. The highest BCUT2D eigenvalue weighted by atomic mass is 32.3. The van der Waals surface area contributed by atoms with Crippen LogP contribution in [0, 0.1) is 11.8 Å². The molecule has 0 aromatic rings. The van der Waals surface area contributed by atoms with Gasteiger partial charge >= 0.3 is 0 Å². The first-order valence-corrected chi connectivity index (χ1v) is 9.48. The summed E-state index contributed by atoms with van der Waals surface area (Å²) >= 11 is 0. The molecule has 17 heavy (non-hydrogen) atoms. The zero-order valence-corrected chi connectivity index (χ0v) is 12.0. The Morgan fingerprint density at radius 1 is 0.941 bits per heavy atom. The zero-order valence-electron chi connectivity index (χ0n) is 10.3. The van der Waals surface area contributed by atoms with Crippen LogP contribution in [0.2, 0.25) is 0 Å². The highest BCUT2D eigenvalue weighted by Crippen LogP contribution is 2.49. The molecule has 0 aliphatic carbocycles. The topological polar surface area (TPSA) is 68.3 Å². The van der Waals surface area contributed by atoms with Crippen LogP contribution in [-0.2, 0) is 19.7 Å². The van der Waals surface area contributed by atoms with Gasteiger partial charge in [0.25, 0.3) is 0 Å². The standard InChI is InChI=1S/C11H20O4S2/c1-9-5-3-4-6-11(16(12,13)7-9)10(2)8-17(11,14)15/h9-10H,3-8H2,1-2H3. The Labute approximate surface area is 104 Å². The zero-order chi connectivity index (χ0) is 12.9. The maximum Gasteiger partial charge on any atom is 0.176 e. The Kier molecular flexibility index (Phi) is 3.10. The second-order valence-corrected chi connectivity index (χ2v) is 10.5. The first-order valence-electron chi connectivity index (χ1n) is 6.17. The smallest absolute Gasteiger partial charge is 0.176 e. The van der Waals surface area contributed by atoms with E-state index in [2.05, 4.69) is 0 Å². The van der Waals surface area contributed by atoms with Gasteiger partial charge < -0.3 is 0 Å². The van der Waals surface area contributed by atoms with Gasteiger partial charge in [-0.05, 0) is 18.8 Å². The maximum absolute atomic E-state index is 12.4. The largest absolute Gasteiger partial charge is 0.227 e. The second-order valence-electron chi connectivity index (χ2n) is 5.63. The van der Waals surface area contributed by atoms with Crippen LogP contribution in [0.5, 0.6) is 0 Å². The summed E-state index contributed by atoms with van der Waals surface area (Å²) < 4.78 is 47.4. The number of sulfone groups is 2. The average molecular weight is 280 g/mol. The molecule has 1 spiro atoms. The predicted octanol–water partition coefficient (Wildman–Crippen LogP) is 1.37. The van der Waals surface area contributed by atoms with Crippen LogP contribution < -0.4 is 0 Å². The molecule has 4 nitrogen and oxygen atoms in total. The molecule has 2 saturated heterocycles. The van der Waals surface area contributed by atoms with E-state index in [0.29, 0.717) is 12.8 Å². The molecule has 0 aromatic carbocycles. The molecule has 6 heteroatoms. The summed E-state index contributed by atoms with van der Waals surface area (Å²) in [6.07, 6.45) is 2.81. The molecule has 2 aliphatic heterocycles. The fourth-order valence-corrected chi connectivity index (χ4v) is 9.81. The van der Waals surface area contributed by atoms with Crippen LogP contribution in [0.4, 0.5) is 0 Å². The van der Waals surface area contributed by atoms with Crippen LogP contribution in [0.25, 0.3) is 0 Å². The molecule has 0 N–H and O–H groups in total. The Morgan fingerprint density at radius 2 is 1.53 bits per heavy atom. The minimum atomic E-state index is -3.54. The Balaban J connectivity index is 2.50. The van der Waals surface area contributed by atoms with Crippen LogP contribution in [0.1, 0.15) is 39.5 Å². The Bertz CT molecular complexity index is 506. The van der Waals surface area contributed by atoms with Gasteiger partial charge in [-0.1, -0.05) is 26.7 Å². The van der Waals surface area contributed by atoms with Crippen molar-refractivity contribution in [3.63, 3.8) is 0 Å². The Morgan fingerprint density at radius 3 is 2.06 bits per heavy atom. The van der Waals surface area contributed by atoms with E-state index in [0.717, 1.165) is 12.8 Å². The summed E-state index contributed by atoms with van der Waals surface area (Å²) in [6.45, 7) is 3.65. The van der Waals surface area contributed by atoms with Crippen LogP contribution in [0.15, 0.2) is 0 Å². The molecule has 0 aromatic heterocycles. The van der Waals surface area contributed by atoms with E-state index in [-0.39, 0.29) is 23.3 Å². The van der Waals surface area contributed by atoms with Crippen molar-refractivity contribution in [2.24, 2.45) is 11.8 Å². The van der Waals surface area contributed by atoms with Gasteiger partial charge in [-0.25, -0.2) is 16.8 Å². The molecule has 0 amide bonds. The monoisotopic (exact) mass is 280 g/mol. The molecular formula is C11H20O4S2. The highest BCUT2D eigenvalue weighted by molar-refractivity contribution is 8.11. The van der Waals surface area contributed by atoms with Crippen LogP contribution >= 0.6 is 0 Å². The SMILES string of the molecule is CC1CCCCC2(C(C)CS2(=O)=O)S(=O)(=O)C1. The van der Waals surface area contributed by atoms with Crippen LogP contribution in [0.3, 0.4) is 0 Å². The number of hydrogen-bond donors (Lipinski definition) is 0. The van der Waals surface area contributed by atoms with E-state index >= 15 is 0 Å². The fourth-order valence-electron chi connectivity index (χ4n) is 3.32. The minimum Gasteiger partial charge on any atom is -0.227 e. The number of hydrogen-bond acceptors (Lipinski definition) is 4. The molecule has 2 heterocycles.